The summed E-state index contributed by atoms with van der Waals surface area (Å²) in [5.41, 5.74) is 1.19. The molecule has 2 amide bonds. The summed E-state index contributed by atoms with van der Waals surface area (Å²) in [7, 11) is 1.87. The summed E-state index contributed by atoms with van der Waals surface area (Å²) in [6.45, 7) is 6.56. The van der Waals surface area contributed by atoms with Gasteiger partial charge in [-0.05, 0) is 19.3 Å². The molecule has 0 bridgehead atoms. The van der Waals surface area contributed by atoms with Crippen molar-refractivity contribution in [2.75, 3.05) is 6.54 Å². The Bertz CT molecular complexity index is 438. The summed E-state index contributed by atoms with van der Waals surface area (Å²) in [6.07, 6.45) is 3.98. The van der Waals surface area contributed by atoms with E-state index in [1.807, 2.05) is 34.0 Å². The van der Waals surface area contributed by atoms with Crippen LogP contribution in [0.1, 0.15) is 44.9 Å². The molecule has 3 N–H and O–H groups in total. The van der Waals surface area contributed by atoms with Crippen LogP contribution in [0, 0.1) is 0 Å². The lowest BCUT2D eigenvalue weighted by atomic mass is 9.98. The van der Waals surface area contributed by atoms with E-state index in [0.29, 0.717) is 19.4 Å². The Morgan fingerprint density at radius 3 is 2.55 bits per heavy atom. The van der Waals surface area contributed by atoms with E-state index in [1.165, 1.54) is 0 Å². The number of carbonyl (C=O) groups is 1. The fraction of sp³-hybridized carbons (Fsp3) is 0.714. The number of hydrogen-bond acceptors (Lipinski definition) is 3. The van der Waals surface area contributed by atoms with Crippen LogP contribution in [0.3, 0.4) is 0 Å². The highest BCUT2D eigenvalue weighted by Crippen LogP contribution is 2.12. The molecule has 1 rings (SSSR count). The molecule has 6 nitrogen and oxygen atoms in total. The molecule has 0 spiro atoms. The first kappa shape index (κ1) is 16.5. The highest BCUT2D eigenvalue weighted by Gasteiger charge is 2.22. The van der Waals surface area contributed by atoms with Crippen molar-refractivity contribution in [3.8, 4) is 0 Å². The second-order valence-corrected chi connectivity index (χ2v) is 5.10. The monoisotopic (exact) mass is 282 g/mol. The fourth-order valence-electron chi connectivity index (χ4n) is 2.01. The Morgan fingerprint density at radius 1 is 1.35 bits per heavy atom. The number of carbonyl (C=O) groups excluding carboxylic acids is 1. The van der Waals surface area contributed by atoms with Crippen LogP contribution in [-0.2, 0) is 20.0 Å². The highest BCUT2D eigenvalue weighted by molar-refractivity contribution is 5.73. The Labute approximate surface area is 120 Å². The molecule has 0 aliphatic carbocycles. The standard InChI is InChI=1S/C14H26N4O2/c1-5-12-11(9-18(4)17-12)8-15-13(19)16-10-14(20,6-2)7-3/h9,20H,5-8,10H2,1-4H3,(H2,15,16,19). The van der Waals surface area contributed by atoms with Crippen molar-refractivity contribution in [2.45, 2.75) is 52.2 Å². The summed E-state index contributed by atoms with van der Waals surface area (Å²) in [5, 5.41) is 19.9. The molecular formula is C14H26N4O2. The summed E-state index contributed by atoms with van der Waals surface area (Å²) in [4.78, 5) is 11.7. The van der Waals surface area contributed by atoms with E-state index in [4.69, 9.17) is 0 Å². The maximum Gasteiger partial charge on any atom is 0.315 e. The van der Waals surface area contributed by atoms with Crippen LogP contribution in [-0.4, -0.2) is 33.1 Å². The second-order valence-electron chi connectivity index (χ2n) is 5.10. The largest absolute Gasteiger partial charge is 0.388 e. The molecule has 0 saturated carbocycles. The SMILES string of the molecule is CCc1nn(C)cc1CNC(=O)NCC(O)(CC)CC. The molecule has 0 aromatic carbocycles. The molecule has 0 aliphatic heterocycles. The van der Waals surface area contributed by atoms with E-state index >= 15 is 0 Å². The number of aliphatic hydroxyl groups is 1. The third-order valence-electron chi connectivity index (χ3n) is 3.66. The Hall–Kier alpha value is -1.56. The molecule has 1 aromatic heterocycles. The Morgan fingerprint density at radius 2 is 2.00 bits per heavy atom. The molecule has 1 aromatic rings. The first-order valence-corrected chi connectivity index (χ1v) is 7.19. The topological polar surface area (TPSA) is 79.2 Å². The lowest BCUT2D eigenvalue weighted by Gasteiger charge is -2.25. The number of urea groups is 1. The van der Waals surface area contributed by atoms with Crippen LogP contribution in [0.4, 0.5) is 4.79 Å². The van der Waals surface area contributed by atoms with Gasteiger partial charge in [0.05, 0.1) is 11.3 Å². The van der Waals surface area contributed by atoms with Crippen LogP contribution in [0.2, 0.25) is 0 Å². The fourth-order valence-corrected chi connectivity index (χ4v) is 2.01. The van der Waals surface area contributed by atoms with Gasteiger partial charge in [0.2, 0.25) is 0 Å². The van der Waals surface area contributed by atoms with Crippen LogP contribution in [0.25, 0.3) is 0 Å². The van der Waals surface area contributed by atoms with Gasteiger partial charge >= 0.3 is 6.03 Å². The predicted octanol–water partition coefficient (Wildman–Crippen LogP) is 1.33. The average molecular weight is 282 g/mol. The maximum atomic E-state index is 11.7. The molecule has 0 aliphatic rings. The van der Waals surface area contributed by atoms with Crippen molar-refractivity contribution in [1.82, 2.24) is 20.4 Å². The first-order chi connectivity index (χ1) is 9.44. The van der Waals surface area contributed by atoms with E-state index in [2.05, 4.69) is 15.7 Å². The molecule has 114 valence electrons. The minimum absolute atomic E-state index is 0.263. The molecular weight excluding hydrogens is 256 g/mol. The number of nitrogens with one attached hydrogen (secondary N) is 2. The minimum Gasteiger partial charge on any atom is -0.388 e. The second kappa shape index (κ2) is 7.28. The van der Waals surface area contributed by atoms with Gasteiger partial charge < -0.3 is 15.7 Å². The van der Waals surface area contributed by atoms with Gasteiger partial charge in [0.1, 0.15) is 0 Å². The van der Waals surface area contributed by atoms with Gasteiger partial charge in [-0.15, -0.1) is 0 Å². The quantitative estimate of drug-likeness (QED) is 0.706. The molecule has 0 atom stereocenters. The number of amides is 2. The van der Waals surface area contributed by atoms with Gasteiger partial charge in [-0.1, -0.05) is 20.8 Å². The van der Waals surface area contributed by atoms with Crippen LogP contribution in [0.15, 0.2) is 6.20 Å². The zero-order valence-electron chi connectivity index (χ0n) is 12.9. The lowest BCUT2D eigenvalue weighted by molar-refractivity contribution is 0.0349. The lowest BCUT2D eigenvalue weighted by Crippen LogP contribution is -2.45. The third-order valence-corrected chi connectivity index (χ3v) is 3.66. The van der Waals surface area contributed by atoms with Crippen molar-refractivity contribution >= 4 is 6.03 Å². The molecule has 0 unspecified atom stereocenters. The number of aromatic nitrogens is 2. The number of nitrogens with zero attached hydrogens (tertiary/aromatic N) is 2. The van der Waals surface area contributed by atoms with E-state index in [-0.39, 0.29) is 12.6 Å². The van der Waals surface area contributed by atoms with Gasteiger partial charge in [0.15, 0.2) is 0 Å². The van der Waals surface area contributed by atoms with Gasteiger partial charge in [0.25, 0.3) is 0 Å². The molecule has 1 heterocycles. The maximum absolute atomic E-state index is 11.7. The van der Waals surface area contributed by atoms with Gasteiger partial charge in [0, 0.05) is 31.9 Å². The zero-order chi connectivity index (χ0) is 15.2. The number of aryl methyl sites for hydroxylation is 2. The van der Waals surface area contributed by atoms with Crippen molar-refractivity contribution < 1.29 is 9.90 Å². The number of rotatable bonds is 7. The highest BCUT2D eigenvalue weighted by atomic mass is 16.3. The third kappa shape index (κ3) is 4.52. The first-order valence-electron chi connectivity index (χ1n) is 7.19. The predicted molar refractivity (Wildman–Crippen MR) is 78.4 cm³/mol. The van der Waals surface area contributed by atoms with Crippen molar-refractivity contribution in [3.63, 3.8) is 0 Å². The minimum atomic E-state index is -0.819. The number of hydrogen-bond donors (Lipinski definition) is 3. The Balaban J connectivity index is 2.43. The van der Waals surface area contributed by atoms with Crippen LogP contribution < -0.4 is 10.6 Å². The average Bonchev–Trinajstić information content (AvgIpc) is 2.82. The summed E-state index contributed by atoms with van der Waals surface area (Å²) < 4.78 is 1.75. The van der Waals surface area contributed by atoms with Crippen LogP contribution in [0.5, 0.6) is 0 Å². The molecule has 0 radical (unpaired) electrons. The van der Waals surface area contributed by atoms with E-state index < -0.39 is 5.60 Å². The molecule has 0 fully saturated rings. The molecule has 0 saturated heterocycles. The van der Waals surface area contributed by atoms with E-state index in [9.17, 15) is 9.90 Å². The molecule has 20 heavy (non-hydrogen) atoms. The van der Waals surface area contributed by atoms with E-state index in [1.54, 1.807) is 4.68 Å². The zero-order valence-corrected chi connectivity index (χ0v) is 12.9. The summed E-state index contributed by atoms with van der Waals surface area (Å²) >= 11 is 0. The normalized spacial score (nSPS) is 11.4. The molecule has 6 heteroatoms. The van der Waals surface area contributed by atoms with E-state index in [0.717, 1.165) is 17.7 Å². The van der Waals surface area contributed by atoms with Gasteiger partial charge in [-0.2, -0.15) is 5.10 Å². The smallest absolute Gasteiger partial charge is 0.315 e. The summed E-state index contributed by atoms with van der Waals surface area (Å²) in [5.74, 6) is 0. The van der Waals surface area contributed by atoms with Crippen LogP contribution >= 0.6 is 0 Å². The van der Waals surface area contributed by atoms with Crippen molar-refractivity contribution in [1.29, 1.82) is 0 Å². The summed E-state index contributed by atoms with van der Waals surface area (Å²) in [6, 6.07) is -0.267. The van der Waals surface area contributed by atoms with Gasteiger partial charge in [-0.25, -0.2) is 4.79 Å². The van der Waals surface area contributed by atoms with Crippen molar-refractivity contribution in [2.24, 2.45) is 7.05 Å². The Kier molecular flexibility index (Phi) is 6.01. The van der Waals surface area contributed by atoms with Gasteiger partial charge in [-0.3, -0.25) is 4.68 Å². The van der Waals surface area contributed by atoms with Crippen molar-refractivity contribution in [3.05, 3.63) is 17.5 Å².